The highest BCUT2D eigenvalue weighted by Crippen LogP contribution is 2.21. The Hall–Kier alpha value is -2.47. The van der Waals surface area contributed by atoms with Gasteiger partial charge in [0.25, 0.3) is 5.91 Å². The van der Waals surface area contributed by atoms with Crippen LogP contribution in [0.25, 0.3) is 0 Å². The van der Waals surface area contributed by atoms with Crippen LogP contribution in [0.4, 0.5) is 8.78 Å². The van der Waals surface area contributed by atoms with E-state index in [4.69, 9.17) is 11.6 Å². The molecule has 0 atom stereocenters. The molecule has 4 nitrogen and oxygen atoms in total. The molecular formula is C18H15ClF2N2O2. The fraction of sp³-hybridized carbons (Fsp3) is 0.222. The van der Waals surface area contributed by atoms with Crippen LogP contribution in [0.5, 0.6) is 0 Å². The van der Waals surface area contributed by atoms with Gasteiger partial charge in [-0.25, -0.2) is 8.78 Å². The topological polar surface area (TPSA) is 49.4 Å². The van der Waals surface area contributed by atoms with Gasteiger partial charge in [-0.3, -0.25) is 9.59 Å². The largest absolute Gasteiger partial charge is 0.352 e. The molecule has 1 N–H and O–H groups in total. The molecule has 0 unspecified atom stereocenters. The van der Waals surface area contributed by atoms with Crippen molar-refractivity contribution in [2.45, 2.75) is 6.54 Å². The number of nitrogens with one attached hydrogen (secondary N) is 1. The summed E-state index contributed by atoms with van der Waals surface area (Å²) in [5.41, 5.74) is 0.875. The van der Waals surface area contributed by atoms with Crippen molar-refractivity contribution in [3.05, 3.63) is 70.2 Å². The molecule has 3 rings (SSSR count). The molecule has 2 aromatic rings. The van der Waals surface area contributed by atoms with Gasteiger partial charge in [0, 0.05) is 30.2 Å². The lowest BCUT2D eigenvalue weighted by Gasteiger charge is -2.38. The van der Waals surface area contributed by atoms with Crippen molar-refractivity contribution in [3.8, 4) is 0 Å². The van der Waals surface area contributed by atoms with Crippen LogP contribution in [0.15, 0.2) is 42.5 Å². The predicted molar refractivity (Wildman–Crippen MR) is 89.1 cm³/mol. The van der Waals surface area contributed by atoms with Crippen molar-refractivity contribution in [3.63, 3.8) is 0 Å². The molecule has 0 aliphatic carbocycles. The number of nitrogens with zero attached hydrogens (tertiary/aromatic N) is 1. The second kappa shape index (κ2) is 7.19. The lowest BCUT2D eigenvalue weighted by Crippen LogP contribution is -2.55. The van der Waals surface area contributed by atoms with Crippen molar-refractivity contribution in [1.82, 2.24) is 10.2 Å². The van der Waals surface area contributed by atoms with E-state index in [0.717, 1.165) is 17.7 Å². The normalized spacial score (nSPS) is 14.1. The number of hydrogen-bond donors (Lipinski definition) is 1. The fourth-order valence-electron chi connectivity index (χ4n) is 2.59. The lowest BCUT2D eigenvalue weighted by atomic mass is 9.97. The van der Waals surface area contributed by atoms with Gasteiger partial charge in [-0.15, -0.1) is 0 Å². The first-order valence-corrected chi connectivity index (χ1v) is 8.09. The monoisotopic (exact) mass is 364 g/mol. The molecule has 1 heterocycles. The van der Waals surface area contributed by atoms with E-state index in [1.54, 1.807) is 12.1 Å². The molecule has 1 aliphatic heterocycles. The third kappa shape index (κ3) is 3.79. The van der Waals surface area contributed by atoms with Crippen molar-refractivity contribution >= 4 is 23.4 Å². The predicted octanol–water partition coefficient (Wildman–Crippen LogP) is 3.01. The van der Waals surface area contributed by atoms with Gasteiger partial charge in [0.2, 0.25) is 5.91 Å². The van der Waals surface area contributed by atoms with Gasteiger partial charge < -0.3 is 10.2 Å². The van der Waals surface area contributed by atoms with Gasteiger partial charge in [-0.05, 0) is 29.8 Å². The highest BCUT2D eigenvalue weighted by atomic mass is 35.5. The van der Waals surface area contributed by atoms with Gasteiger partial charge in [0.15, 0.2) is 11.6 Å². The number of amides is 2. The van der Waals surface area contributed by atoms with Gasteiger partial charge in [-0.1, -0.05) is 29.8 Å². The maximum Gasteiger partial charge on any atom is 0.254 e. The Morgan fingerprint density at radius 1 is 1.12 bits per heavy atom. The zero-order valence-electron chi connectivity index (χ0n) is 13.1. The second-order valence-electron chi connectivity index (χ2n) is 5.85. The molecule has 1 fully saturated rings. The van der Waals surface area contributed by atoms with E-state index in [-0.39, 0.29) is 30.5 Å². The Bertz CT molecular complexity index is 822. The maximum atomic E-state index is 13.2. The minimum Gasteiger partial charge on any atom is -0.352 e. The summed E-state index contributed by atoms with van der Waals surface area (Å²) in [5, 5.41) is 3.36. The number of likely N-dealkylation sites (tertiary alicyclic amines) is 1. The highest BCUT2D eigenvalue weighted by Gasteiger charge is 2.36. The summed E-state index contributed by atoms with van der Waals surface area (Å²) in [7, 11) is 0. The average molecular weight is 365 g/mol. The molecule has 0 saturated carbocycles. The van der Waals surface area contributed by atoms with Crippen LogP contribution in [-0.2, 0) is 11.3 Å². The van der Waals surface area contributed by atoms with Crippen LogP contribution in [0.2, 0.25) is 5.02 Å². The molecule has 0 spiro atoms. The van der Waals surface area contributed by atoms with E-state index in [2.05, 4.69) is 5.32 Å². The Morgan fingerprint density at radius 2 is 1.84 bits per heavy atom. The van der Waals surface area contributed by atoms with Crippen LogP contribution in [0, 0.1) is 17.6 Å². The Morgan fingerprint density at radius 3 is 2.52 bits per heavy atom. The Kier molecular flexibility index (Phi) is 4.99. The van der Waals surface area contributed by atoms with Crippen molar-refractivity contribution < 1.29 is 18.4 Å². The van der Waals surface area contributed by atoms with Gasteiger partial charge in [-0.2, -0.15) is 0 Å². The first kappa shape index (κ1) is 17.4. The quantitative estimate of drug-likeness (QED) is 0.906. The zero-order chi connectivity index (χ0) is 18.0. The zero-order valence-corrected chi connectivity index (χ0v) is 13.9. The summed E-state index contributed by atoms with van der Waals surface area (Å²) in [6.45, 7) is 0.796. The first-order chi connectivity index (χ1) is 12.0. The molecule has 7 heteroatoms. The van der Waals surface area contributed by atoms with E-state index in [1.807, 2.05) is 12.1 Å². The van der Waals surface area contributed by atoms with E-state index in [9.17, 15) is 18.4 Å². The first-order valence-electron chi connectivity index (χ1n) is 7.71. The summed E-state index contributed by atoms with van der Waals surface area (Å²) in [4.78, 5) is 25.7. The minimum atomic E-state index is -1.07. The molecule has 1 aliphatic rings. The molecule has 2 amide bonds. The summed E-state index contributed by atoms with van der Waals surface area (Å²) >= 11 is 6.03. The number of rotatable bonds is 4. The van der Waals surface area contributed by atoms with Gasteiger partial charge >= 0.3 is 0 Å². The number of hydrogen-bond acceptors (Lipinski definition) is 2. The number of benzene rings is 2. The third-order valence-corrected chi connectivity index (χ3v) is 4.49. The number of carbonyl (C=O) groups is 2. The molecule has 130 valence electrons. The maximum absolute atomic E-state index is 13.2. The molecule has 0 radical (unpaired) electrons. The van der Waals surface area contributed by atoms with Crippen LogP contribution < -0.4 is 5.32 Å². The molecule has 0 bridgehead atoms. The van der Waals surface area contributed by atoms with Crippen LogP contribution >= 0.6 is 11.6 Å². The highest BCUT2D eigenvalue weighted by molar-refractivity contribution is 6.31. The number of halogens is 3. The number of carbonyl (C=O) groups excluding carboxylic acids is 2. The summed E-state index contributed by atoms with van der Waals surface area (Å²) in [6.07, 6.45) is 0. The Labute approximate surface area is 148 Å². The molecular weight excluding hydrogens is 350 g/mol. The second-order valence-corrected chi connectivity index (χ2v) is 6.25. The van der Waals surface area contributed by atoms with Gasteiger partial charge in [0.1, 0.15) is 0 Å². The SMILES string of the molecule is O=C(NCc1ccccc1Cl)C1CN(C(=O)c2ccc(F)c(F)c2)C1. The van der Waals surface area contributed by atoms with Gasteiger partial charge in [0.05, 0.1) is 5.92 Å². The van der Waals surface area contributed by atoms with Crippen molar-refractivity contribution in [2.24, 2.45) is 5.92 Å². The molecule has 1 saturated heterocycles. The average Bonchev–Trinajstić information content (AvgIpc) is 2.55. The van der Waals surface area contributed by atoms with E-state index in [1.165, 1.54) is 11.0 Å². The van der Waals surface area contributed by atoms with Crippen molar-refractivity contribution in [2.75, 3.05) is 13.1 Å². The van der Waals surface area contributed by atoms with Crippen molar-refractivity contribution in [1.29, 1.82) is 0 Å². The Balaban J connectivity index is 1.51. The third-order valence-electron chi connectivity index (χ3n) is 4.12. The van der Waals surface area contributed by atoms with E-state index < -0.39 is 17.5 Å². The summed E-state index contributed by atoms with van der Waals surface area (Å²) in [5.74, 6) is -2.99. The van der Waals surface area contributed by atoms with Crippen LogP contribution in [-0.4, -0.2) is 29.8 Å². The molecule has 0 aromatic heterocycles. The lowest BCUT2D eigenvalue weighted by molar-refractivity contribution is -0.129. The fourth-order valence-corrected chi connectivity index (χ4v) is 2.79. The van der Waals surface area contributed by atoms with Crippen LogP contribution in [0.3, 0.4) is 0 Å². The van der Waals surface area contributed by atoms with Crippen LogP contribution in [0.1, 0.15) is 15.9 Å². The minimum absolute atomic E-state index is 0.0637. The molecule has 25 heavy (non-hydrogen) atoms. The van der Waals surface area contributed by atoms with E-state index >= 15 is 0 Å². The molecule has 2 aromatic carbocycles. The van der Waals surface area contributed by atoms with E-state index in [0.29, 0.717) is 11.6 Å². The summed E-state index contributed by atoms with van der Waals surface area (Å²) < 4.78 is 26.1. The standard InChI is InChI=1S/C18H15ClF2N2O2/c19-14-4-2-1-3-12(14)8-22-17(24)13-9-23(10-13)18(25)11-5-6-15(20)16(21)7-11/h1-7,13H,8-10H2,(H,22,24). The summed E-state index contributed by atoms with van der Waals surface area (Å²) in [6, 6.07) is 10.2. The smallest absolute Gasteiger partial charge is 0.254 e.